The molecule has 0 aliphatic heterocycles. The predicted molar refractivity (Wildman–Crippen MR) is 292 cm³/mol. The maximum absolute atomic E-state index is 2.40. The van der Waals surface area contributed by atoms with Crippen LogP contribution in [0.25, 0.3) is 99.5 Å². The summed E-state index contributed by atoms with van der Waals surface area (Å²) in [5.41, 5.74) is 19.8. The largest absolute Gasteiger partial charge is 0.310 e. The minimum atomic E-state index is 1.08. The summed E-state index contributed by atoms with van der Waals surface area (Å²) >= 11 is 0. The first-order valence-corrected chi connectivity index (χ1v) is 23.7. The third-order valence-corrected chi connectivity index (χ3v) is 13.8. The smallest absolute Gasteiger partial charge is 0.0541 e. The number of para-hydroxylation sites is 4. The van der Waals surface area contributed by atoms with Crippen molar-refractivity contribution in [2.24, 2.45) is 0 Å². The number of fused-ring (bicyclic) bond motifs is 6. The van der Waals surface area contributed by atoms with E-state index in [1.54, 1.807) is 0 Å². The molecule has 0 amide bonds. The number of aromatic nitrogens is 2. The lowest BCUT2D eigenvalue weighted by molar-refractivity contribution is 1.18. The first-order chi connectivity index (χ1) is 34.2. The zero-order valence-electron chi connectivity index (χ0n) is 37.8. The van der Waals surface area contributed by atoms with Gasteiger partial charge in [-0.25, -0.2) is 0 Å². The Morgan fingerprint density at radius 3 is 0.928 bits per heavy atom. The van der Waals surface area contributed by atoms with Crippen molar-refractivity contribution in [3.8, 4) is 55.9 Å². The zero-order chi connectivity index (χ0) is 45.7. The van der Waals surface area contributed by atoms with Crippen LogP contribution in [0.15, 0.2) is 273 Å². The van der Waals surface area contributed by atoms with Gasteiger partial charge in [-0.15, -0.1) is 0 Å². The Labute approximate surface area is 401 Å². The molecule has 13 aromatic rings. The highest BCUT2D eigenvalue weighted by atomic mass is 15.1. The van der Waals surface area contributed by atoms with E-state index < -0.39 is 0 Å². The van der Waals surface area contributed by atoms with Gasteiger partial charge in [0.05, 0.1) is 27.8 Å². The molecule has 0 aliphatic carbocycles. The highest BCUT2D eigenvalue weighted by molar-refractivity contribution is 6.10. The Balaban J connectivity index is 0.877. The van der Waals surface area contributed by atoms with Gasteiger partial charge in [0.15, 0.2) is 0 Å². The lowest BCUT2D eigenvalue weighted by Crippen LogP contribution is -2.11. The van der Waals surface area contributed by atoms with Gasteiger partial charge >= 0.3 is 0 Å². The summed E-state index contributed by atoms with van der Waals surface area (Å²) < 4.78 is 4.74. The number of hydrogen-bond donors (Lipinski definition) is 0. The summed E-state index contributed by atoms with van der Waals surface area (Å²) in [5, 5.41) is 5.06. The van der Waals surface area contributed by atoms with Gasteiger partial charge < -0.3 is 14.0 Å². The van der Waals surface area contributed by atoms with Gasteiger partial charge in [-0.2, -0.15) is 0 Å². The molecule has 0 aliphatic rings. The average molecular weight is 880 g/mol. The van der Waals surface area contributed by atoms with E-state index in [0.717, 1.165) is 50.7 Å². The van der Waals surface area contributed by atoms with Crippen LogP contribution < -0.4 is 4.90 Å². The lowest BCUT2D eigenvalue weighted by atomic mass is 9.96. The molecular weight excluding hydrogens is 835 g/mol. The van der Waals surface area contributed by atoms with Crippen LogP contribution in [0, 0.1) is 0 Å². The number of benzene rings is 11. The van der Waals surface area contributed by atoms with Gasteiger partial charge in [0.25, 0.3) is 0 Å². The van der Waals surface area contributed by atoms with E-state index in [0.29, 0.717) is 0 Å². The summed E-state index contributed by atoms with van der Waals surface area (Å²) in [7, 11) is 0. The van der Waals surface area contributed by atoms with Crippen molar-refractivity contribution in [1.29, 1.82) is 0 Å². The Hall–Kier alpha value is -9.18. The fourth-order valence-electron chi connectivity index (χ4n) is 10.4. The molecule has 0 unspecified atom stereocenters. The predicted octanol–water partition coefficient (Wildman–Crippen LogP) is 18.0. The van der Waals surface area contributed by atoms with E-state index in [-0.39, 0.29) is 0 Å². The summed E-state index contributed by atoms with van der Waals surface area (Å²) in [6.45, 7) is 0. The van der Waals surface area contributed by atoms with Gasteiger partial charge in [-0.05, 0) is 124 Å². The summed E-state index contributed by atoms with van der Waals surface area (Å²) in [6.07, 6.45) is 0. The molecule has 0 radical (unpaired) electrons. The van der Waals surface area contributed by atoms with Crippen LogP contribution in [0.4, 0.5) is 17.1 Å². The highest BCUT2D eigenvalue weighted by Crippen LogP contribution is 2.44. The maximum atomic E-state index is 2.40. The van der Waals surface area contributed by atoms with Crippen molar-refractivity contribution in [2.75, 3.05) is 4.90 Å². The number of nitrogens with zero attached hydrogens (tertiary/aromatic N) is 3. The molecule has 0 saturated carbocycles. The fraction of sp³-hybridized carbons (Fsp3) is 0. The normalized spacial score (nSPS) is 11.5. The Kier molecular flexibility index (Phi) is 9.84. The SMILES string of the molecule is c1ccc(-c2ccc(N(c3ccc(-c4ccc(-n5c6ccccc6c6ccccc65)cc4)cc3)c3ccc(-c4ccc(-n5c6ccccc6c6ccccc65)cc4)cc3)c(-c3ccccc3)c2)cc1. The first kappa shape index (κ1) is 40.1. The Morgan fingerprint density at radius 2 is 0.536 bits per heavy atom. The van der Waals surface area contributed by atoms with E-state index in [4.69, 9.17) is 0 Å². The molecular formula is C66H45N3. The molecule has 69 heavy (non-hydrogen) atoms. The van der Waals surface area contributed by atoms with Gasteiger partial charge in [0, 0.05) is 49.9 Å². The number of anilines is 3. The second kappa shape index (κ2) is 16.9. The van der Waals surface area contributed by atoms with Crippen molar-refractivity contribution in [1.82, 2.24) is 9.13 Å². The van der Waals surface area contributed by atoms with Crippen LogP contribution in [0.1, 0.15) is 0 Å². The van der Waals surface area contributed by atoms with Crippen LogP contribution in [0.5, 0.6) is 0 Å². The average Bonchev–Trinajstić information content (AvgIpc) is 3.95. The van der Waals surface area contributed by atoms with E-state index in [1.807, 2.05) is 0 Å². The highest BCUT2D eigenvalue weighted by Gasteiger charge is 2.20. The van der Waals surface area contributed by atoms with Gasteiger partial charge in [0.1, 0.15) is 0 Å². The molecule has 0 fully saturated rings. The van der Waals surface area contributed by atoms with Crippen LogP contribution >= 0.6 is 0 Å². The third kappa shape index (κ3) is 7.08. The van der Waals surface area contributed by atoms with Crippen molar-refractivity contribution < 1.29 is 0 Å². The third-order valence-electron chi connectivity index (χ3n) is 13.8. The van der Waals surface area contributed by atoms with E-state index in [1.165, 1.54) is 65.9 Å². The minimum absolute atomic E-state index is 1.08. The van der Waals surface area contributed by atoms with Crippen molar-refractivity contribution >= 4 is 60.7 Å². The molecule has 3 heteroatoms. The van der Waals surface area contributed by atoms with Crippen LogP contribution in [0.3, 0.4) is 0 Å². The summed E-state index contributed by atoms with van der Waals surface area (Å²) in [5.74, 6) is 0. The monoisotopic (exact) mass is 879 g/mol. The second-order valence-electron chi connectivity index (χ2n) is 17.7. The number of rotatable bonds is 9. The molecule has 2 aromatic heterocycles. The van der Waals surface area contributed by atoms with E-state index in [2.05, 4.69) is 287 Å². The number of hydrogen-bond acceptors (Lipinski definition) is 1. The molecule has 0 spiro atoms. The molecule has 0 atom stereocenters. The Bertz CT molecular complexity index is 3650. The maximum Gasteiger partial charge on any atom is 0.0541 e. The lowest BCUT2D eigenvalue weighted by Gasteiger charge is -2.29. The molecule has 0 bridgehead atoms. The molecule has 0 saturated heterocycles. The van der Waals surface area contributed by atoms with Gasteiger partial charge in [-0.3, -0.25) is 0 Å². The molecule has 11 aromatic carbocycles. The van der Waals surface area contributed by atoms with Gasteiger partial charge in [-0.1, -0.05) is 188 Å². The van der Waals surface area contributed by atoms with Crippen LogP contribution in [-0.2, 0) is 0 Å². The zero-order valence-corrected chi connectivity index (χ0v) is 37.8. The first-order valence-electron chi connectivity index (χ1n) is 23.7. The standard InChI is InChI=1S/C66H45N3/c1-3-15-46(16-4-1)52-35-44-66(61(45-52)51-17-5-2-6-18-51)67(53-36-27-47(28-37-53)49-31-40-55(41-32-49)68-62-23-11-7-19-57(62)58-20-8-12-24-63(58)68)54-38-29-48(30-39-54)50-33-42-56(43-34-50)69-64-25-13-9-21-59(64)60-22-10-14-26-65(60)69/h1-45H. The van der Waals surface area contributed by atoms with Crippen molar-refractivity contribution in [3.05, 3.63) is 273 Å². The second-order valence-corrected chi connectivity index (χ2v) is 17.7. The Morgan fingerprint density at radius 1 is 0.232 bits per heavy atom. The molecule has 324 valence electrons. The van der Waals surface area contributed by atoms with E-state index >= 15 is 0 Å². The molecule has 2 heterocycles. The van der Waals surface area contributed by atoms with Crippen LogP contribution in [0.2, 0.25) is 0 Å². The summed E-state index contributed by atoms with van der Waals surface area (Å²) in [4.78, 5) is 2.40. The molecule has 13 rings (SSSR count). The minimum Gasteiger partial charge on any atom is -0.310 e. The molecule has 0 N–H and O–H groups in total. The quantitative estimate of drug-likeness (QED) is 0.141. The van der Waals surface area contributed by atoms with Crippen molar-refractivity contribution in [3.63, 3.8) is 0 Å². The fourth-order valence-corrected chi connectivity index (χ4v) is 10.4. The summed E-state index contributed by atoms with van der Waals surface area (Å²) in [6, 6.07) is 99.0. The van der Waals surface area contributed by atoms with Crippen molar-refractivity contribution in [2.45, 2.75) is 0 Å². The topological polar surface area (TPSA) is 13.1 Å². The van der Waals surface area contributed by atoms with Crippen LogP contribution in [-0.4, -0.2) is 9.13 Å². The van der Waals surface area contributed by atoms with E-state index in [9.17, 15) is 0 Å². The van der Waals surface area contributed by atoms with Gasteiger partial charge in [0.2, 0.25) is 0 Å². The molecule has 3 nitrogen and oxygen atoms in total.